The number of nitrogens with two attached hydrogens (primary N) is 1. The second-order valence-electron chi connectivity index (χ2n) is 5.11. The fourth-order valence-corrected chi connectivity index (χ4v) is 2.89. The van der Waals surface area contributed by atoms with E-state index in [1.807, 2.05) is 0 Å². The van der Waals surface area contributed by atoms with Crippen molar-refractivity contribution in [3.63, 3.8) is 0 Å². The predicted molar refractivity (Wildman–Crippen MR) is 90.7 cm³/mol. The second kappa shape index (κ2) is 7.84. The van der Waals surface area contributed by atoms with Crippen molar-refractivity contribution in [2.24, 2.45) is 0 Å². The van der Waals surface area contributed by atoms with Crippen molar-refractivity contribution >= 4 is 34.2 Å². The molecule has 5 nitrogen and oxygen atoms in total. The third kappa shape index (κ3) is 4.47. The Morgan fingerprint density at radius 1 is 1.33 bits per heavy atom. The zero-order chi connectivity index (χ0) is 15.2. The molecule has 0 atom stereocenters. The summed E-state index contributed by atoms with van der Waals surface area (Å²) in [4.78, 5) is 14.5. The molecule has 1 fully saturated rings. The molecule has 0 aliphatic carbocycles. The first-order valence-electron chi connectivity index (χ1n) is 7.14. The fourth-order valence-electron chi connectivity index (χ4n) is 2.43. The molecule has 0 bridgehead atoms. The van der Waals surface area contributed by atoms with Gasteiger partial charge in [-0.1, -0.05) is 6.42 Å². The Labute approximate surface area is 138 Å². The number of carbonyl (C=O) groups excluding carboxylic acids is 1. The lowest BCUT2D eigenvalue weighted by atomic mass is 10.1. The number of likely N-dealkylation sites (tertiary alicyclic amines) is 1. The first-order chi connectivity index (χ1) is 10.1. The van der Waals surface area contributed by atoms with Crippen LogP contribution in [-0.2, 0) is 4.74 Å². The quantitative estimate of drug-likeness (QED) is 0.464. The molecule has 1 aliphatic heterocycles. The van der Waals surface area contributed by atoms with E-state index >= 15 is 0 Å². The van der Waals surface area contributed by atoms with Crippen molar-refractivity contribution < 1.29 is 14.3 Å². The van der Waals surface area contributed by atoms with E-state index in [-0.39, 0.29) is 5.97 Å². The SMILES string of the molecule is COc1cc(N)c(I)cc1C(=O)OCCN1CCCCC1. The number of methoxy groups -OCH3 is 1. The van der Waals surface area contributed by atoms with Gasteiger partial charge < -0.3 is 15.2 Å². The van der Waals surface area contributed by atoms with E-state index in [0.29, 0.717) is 23.6 Å². The maximum absolute atomic E-state index is 12.2. The Bertz CT molecular complexity index is 502. The summed E-state index contributed by atoms with van der Waals surface area (Å²) in [7, 11) is 1.52. The van der Waals surface area contributed by atoms with Crippen LogP contribution in [-0.4, -0.2) is 44.2 Å². The maximum atomic E-state index is 12.2. The topological polar surface area (TPSA) is 64.8 Å². The van der Waals surface area contributed by atoms with E-state index in [1.165, 1.54) is 26.4 Å². The largest absolute Gasteiger partial charge is 0.496 e. The van der Waals surface area contributed by atoms with Gasteiger partial charge in [0.25, 0.3) is 0 Å². The van der Waals surface area contributed by atoms with E-state index in [9.17, 15) is 4.79 Å². The number of nitrogens with zero attached hydrogens (tertiary/aromatic N) is 1. The molecule has 6 heteroatoms. The van der Waals surface area contributed by atoms with E-state index in [2.05, 4.69) is 27.5 Å². The Morgan fingerprint density at radius 2 is 2.05 bits per heavy atom. The number of carbonyl (C=O) groups is 1. The minimum absolute atomic E-state index is 0.359. The third-order valence-electron chi connectivity index (χ3n) is 3.63. The van der Waals surface area contributed by atoms with Gasteiger partial charge in [-0.25, -0.2) is 4.79 Å². The summed E-state index contributed by atoms with van der Waals surface area (Å²) in [6.07, 6.45) is 3.77. The standard InChI is InChI=1S/C15H21IN2O3/c1-20-14-10-13(17)12(16)9-11(14)15(19)21-8-7-18-5-3-2-4-6-18/h9-10H,2-8,17H2,1H3. The van der Waals surface area contributed by atoms with Crippen LogP contribution in [0.4, 0.5) is 5.69 Å². The summed E-state index contributed by atoms with van der Waals surface area (Å²) in [5.74, 6) is 0.0951. The average Bonchev–Trinajstić information content (AvgIpc) is 2.50. The Kier molecular flexibility index (Phi) is 6.10. The molecule has 116 valence electrons. The lowest BCUT2D eigenvalue weighted by Crippen LogP contribution is -2.33. The zero-order valence-electron chi connectivity index (χ0n) is 12.2. The molecular weight excluding hydrogens is 383 g/mol. The summed E-state index contributed by atoms with van der Waals surface area (Å²) in [6.45, 7) is 3.39. The minimum atomic E-state index is -0.359. The molecule has 0 spiro atoms. The molecular formula is C15H21IN2O3. The molecule has 0 saturated carbocycles. The van der Waals surface area contributed by atoms with Crippen LogP contribution in [0, 0.1) is 3.57 Å². The number of rotatable bonds is 5. The summed E-state index contributed by atoms with van der Waals surface area (Å²) < 4.78 is 11.4. The van der Waals surface area contributed by atoms with E-state index in [1.54, 1.807) is 12.1 Å². The minimum Gasteiger partial charge on any atom is -0.496 e. The lowest BCUT2D eigenvalue weighted by molar-refractivity contribution is 0.0448. The molecule has 2 N–H and O–H groups in total. The third-order valence-corrected chi connectivity index (χ3v) is 4.56. The lowest BCUT2D eigenvalue weighted by Gasteiger charge is -2.25. The fraction of sp³-hybridized carbons (Fsp3) is 0.533. The van der Waals surface area contributed by atoms with E-state index in [0.717, 1.165) is 23.2 Å². The Morgan fingerprint density at radius 3 is 2.71 bits per heavy atom. The number of anilines is 1. The molecule has 1 aliphatic rings. The smallest absolute Gasteiger partial charge is 0.342 e. The van der Waals surface area contributed by atoms with Gasteiger partial charge in [-0.2, -0.15) is 0 Å². The van der Waals surface area contributed by atoms with Crippen molar-refractivity contribution in [1.29, 1.82) is 0 Å². The van der Waals surface area contributed by atoms with Crippen LogP contribution in [0.1, 0.15) is 29.6 Å². The van der Waals surface area contributed by atoms with Gasteiger partial charge in [0.1, 0.15) is 17.9 Å². The number of ether oxygens (including phenoxy) is 2. The second-order valence-corrected chi connectivity index (χ2v) is 6.27. The molecule has 1 aromatic rings. The normalized spacial score (nSPS) is 15.7. The van der Waals surface area contributed by atoms with Gasteiger partial charge in [-0.05, 0) is 54.6 Å². The number of hydrogen-bond acceptors (Lipinski definition) is 5. The van der Waals surface area contributed by atoms with Gasteiger partial charge in [0, 0.05) is 21.9 Å². The molecule has 2 rings (SSSR count). The van der Waals surface area contributed by atoms with Crippen LogP contribution in [0.2, 0.25) is 0 Å². The van der Waals surface area contributed by atoms with Crippen molar-refractivity contribution in [2.45, 2.75) is 19.3 Å². The first kappa shape index (κ1) is 16.4. The van der Waals surface area contributed by atoms with Gasteiger partial charge in [0.15, 0.2) is 0 Å². The van der Waals surface area contributed by atoms with Gasteiger partial charge in [0.2, 0.25) is 0 Å². The van der Waals surface area contributed by atoms with Crippen LogP contribution < -0.4 is 10.5 Å². The number of hydrogen-bond donors (Lipinski definition) is 1. The van der Waals surface area contributed by atoms with Crippen molar-refractivity contribution in [1.82, 2.24) is 4.90 Å². The average molecular weight is 404 g/mol. The van der Waals surface area contributed by atoms with E-state index in [4.69, 9.17) is 15.2 Å². The van der Waals surface area contributed by atoms with Crippen molar-refractivity contribution in [2.75, 3.05) is 39.1 Å². The molecule has 0 radical (unpaired) electrons. The number of benzene rings is 1. The first-order valence-corrected chi connectivity index (χ1v) is 8.22. The molecule has 1 heterocycles. The summed E-state index contributed by atoms with van der Waals surface area (Å²) >= 11 is 2.09. The van der Waals surface area contributed by atoms with E-state index < -0.39 is 0 Å². The maximum Gasteiger partial charge on any atom is 0.342 e. The van der Waals surface area contributed by atoms with Crippen molar-refractivity contribution in [3.05, 3.63) is 21.3 Å². The van der Waals surface area contributed by atoms with Crippen LogP contribution >= 0.6 is 22.6 Å². The van der Waals surface area contributed by atoms with Gasteiger partial charge in [-0.3, -0.25) is 4.90 Å². The predicted octanol–water partition coefficient (Wildman–Crippen LogP) is 2.52. The molecule has 21 heavy (non-hydrogen) atoms. The van der Waals surface area contributed by atoms with Crippen molar-refractivity contribution in [3.8, 4) is 5.75 Å². The molecule has 0 unspecified atom stereocenters. The van der Waals surface area contributed by atoms with Gasteiger partial charge in [-0.15, -0.1) is 0 Å². The molecule has 0 amide bonds. The van der Waals surface area contributed by atoms with Gasteiger partial charge >= 0.3 is 5.97 Å². The Balaban J connectivity index is 1.92. The van der Waals surface area contributed by atoms with Gasteiger partial charge in [0.05, 0.1) is 7.11 Å². The summed E-state index contributed by atoms with van der Waals surface area (Å²) in [5, 5.41) is 0. The highest BCUT2D eigenvalue weighted by atomic mass is 127. The van der Waals surface area contributed by atoms with Crippen LogP contribution in [0.25, 0.3) is 0 Å². The summed E-state index contributed by atoms with van der Waals surface area (Å²) in [5.41, 5.74) is 6.84. The summed E-state index contributed by atoms with van der Waals surface area (Å²) in [6, 6.07) is 3.36. The van der Waals surface area contributed by atoms with Crippen LogP contribution in [0.3, 0.4) is 0 Å². The molecule has 1 aromatic carbocycles. The number of nitrogen functional groups attached to an aromatic ring is 1. The number of piperidine rings is 1. The number of esters is 1. The molecule has 1 saturated heterocycles. The highest BCUT2D eigenvalue weighted by Gasteiger charge is 2.17. The zero-order valence-corrected chi connectivity index (χ0v) is 14.4. The Hall–Kier alpha value is -1.02. The van der Waals surface area contributed by atoms with Crippen LogP contribution in [0.15, 0.2) is 12.1 Å². The monoisotopic (exact) mass is 404 g/mol. The highest BCUT2D eigenvalue weighted by molar-refractivity contribution is 14.1. The van der Waals surface area contributed by atoms with Crippen LogP contribution in [0.5, 0.6) is 5.75 Å². The highest BCUT2D eigenvalue weighted by Crippen LogP contribution is 2.27. The number of halogens is 1. The molecule has 0 aromatic heterocycles.